The zero-order valence-electron chi connectivity index (χ0n) is 16.1. The number of piperidine rings is 1. The number of nitrogens with zero attached hydrogens (tertiary/aromatic N) is 2. The molecule has 1 aliphatic rings. The van der Waals surface area contributed by atoms with Crippen LogP contribution in [0.4, 0.5) is 10.5 Å². The van der Waals surface area contributed by atoms with Crippen LogP contribution >= 0.6 is 0 Å². The van der Waals surface area contributed by atoms with Gasteiger partial charge in [-0.2, -0.15) is 0 Å². The Morgan fingerprint density at radius 1 is 1.18 bits per heavy atom. The van der Waals surface area contributed by atoms with Crippen molar-refractivity contribution in [2.24, 2.45) is 0 Å². The molecule has 4 rings (SSSR count). The van der Waals surface area contributed by atoms with Crippen LogP contribution in [0.1, 0.15) is 24.3 Å². The van der Waals surface area contributed by atoms with E-state index in [1.165, 1.54) is 5.56 Å². The number of likely N-dealkylation sites (tertiary alicyclic amines) is 1. The number of carbonyl (C=O) groups excluding carboxylic acids is 1. The van der Waals surface area contributed by atoms with Crippen LogP contribution in [-0.4, -0.2) is 48.2 Å². The summed E-state index contributed by atoms with van der Waals surface area (Å²) in [5, 5.41) is 2.95. The number of H-pyrrole nitrogens is 1. The minimum absolute atomic E-state index is 0.0947. The number of amides is 2. The molecule has 1 aliphatic heterocycles. The molecule has 1 saturated heterocycles. The molecule has 2 aromatic heterocycles. The fourth-order valence-electron chi connectivity index (χ4n) is 3.80. The lowest BCUT2D eigenvalue weighted by Gasteiger charge is -2.32. The van der Waals surface area contributed by atoms with Crippen LogP contribution < -0.4 is 14.8 Å². The fourth-order valence-corrected chi connectivity index (χ4v) is 3.80. The fraction of sp³-hybridized carbons (Fsp3) is 0.333. The Labute approximate surface area is 163 Å². The average Bonchev–Trinajstić information content (AvgIpc) is 3.18. The molecule has 7 nitrogen and oxygen atoms in total. The molecule has 0 atom stereocenters. The predicted octanol–water partition coefficient (Wildman–Crippen LogP) is 3.99. The molecule has 1 aromatic carbocycles. The largest absolute Gasteiger partial charge is 0.493 e. The van der Waals surface area contributed by atoms with Gasteiger partial charge < -0.3 is 24.7 Å². The monoisotopic (exact) mass is 380 g/mol. The molecule has 0 unspecified atom stereocenters. The number of fused-ring (bicyclic) bond motifs is 1. The van der Waals surface area contributed by atoms with Gasteiger partial charge in [-0.1, -0.05) is 0 Å². The summed E-state index contributed by atoms with van der Waals surface area (Å²) in [7, 11) is 3.16. The summed E-state index contributed by atoms with van der Waals surface area (Å²) in [6.45, 7) is 1.42. The lowest BCUT2D eigenvalue weighted by Crippen LogP contribution is -2.40. The Bertz CT molecular complexity index is 977. The third-order valence-corrected chi connectivity index (χ3v) is 5.32. The number of benzene rings is 1. The van der Waals surface area contributed by atoms with Gasteiger partial charge >= 0.3 is 6.03 Å². The van der Waals surface area contributed by atoms with E-state index in [0.29, 0.717) is 36.2 Å². The van der Waals surface area contributed by atoms with Gasteiger partial charge in [0.1, 0.15) is 0 Å². The van der Waals surface area contributed by atoms with E-state index in [1.807, 2.05) is 29.3 Å². The number of hydrogen-bond acceptors (Lipinski definition) is 4. The van der Waals surface area contributed by atoms with Crippen molar-refractivity contribution >= 4 is 22.8 Å². The molecule has 2 amide bonds. The summed E-state index contributed by atoms with van der Waals surface area (Å²) in [5.74, 6) is 1.63. The Morgan fingerprint density at radius 2 is 1.96 bits per heavy atom. The summed E-state index contributed by atoms with van der Waals surface area (Å²) in [4.78, 5) is 22.3. The number of aromatic amines is 1. The number of rotatable bonds is 4. The molecule has 3 aromatic rings. The SMILES string of the molecule is COc1ccc(NC(=O)N2CCC(c3c[nH]c4cccnc34)CC2)cc1OC. The van der Waals surface area contributed by atoms with Crippen molar-refractivity contribution < 1.29 is 14.3 Å². The van der Waals surface area contributed by atoms with Crippen LogP contribution in [0.5, 0.6) is 11.5 Å². The summed E-state index contributed by atoms with van der Waals surface area (Å²) in [5.41, 5.74) is 4.03. The maximum Gasteiger partial charge on any atom is 0.321 e. The number of anilines is 1. The van der Waals surface area contributed by atoms with Crippen molar-refractivity contribution in [2.75, 3.05) is 32.6 Å². The average molecular weight is 380 g/mol. The van der Waals surface area contributed by atoms with Crippen LogP contribution in [0, 0.1) is 0 Å². The number of hydrogen-bond donors (Lipinski definition) is 2. The second kappa shape index (κ2) is 7.80. The van der Waals surface area contributed by atoms with Gasteiger partial charge in [-0.25, -0.2) is 4.79 Å². The van der Waals surface area contributed by atoms with E-state index in [-0.39, 0.29) is 6.03 Å². The van der Waals surface area contributed by atoms with Gasteiger partial charge in [0.2, 0.25) is 0 Å². The van der Waals surface area contributed by atoms with E-state index in [4.69, 9.17) is 9.47 Å². The van der Waals surface area contributed by atoms with Gasteiger partial charge in [0.25, 0.3) is 0 Å². The highest BCUT2D eigenvalue weighted by atomic mass is 16.5. The maximum atomic E-state index is 12.7. The third-order valence-electron chi connectivity index (χ3n) is 5.32. The normalized spacial score (nSPS) is 14.9. The zero-order valence-corrected chi connectivity index (χ0v) is 16.1. The molecule has 0 bridgehead atoms. The first-order valence-electron chi connectivity index (χ1n) is 9.39. The second-order valence-corrected chi connectivity index (χ2v) is 6.90. The van der Waals surface area contributed by atoms with Gasteiger partial charge in [-0.15, -0.1) is 0 Å². The maximum absolute atomic E-state index is 12.7. The van der Waals surface area contributed by atoms with E-state index in [2.05, 4.69) is 21.5 Å². The Morgan fingerprint density at radius 3 is 2.71 bits per heavy atom. The molecular weight excluding hydrogens is 356 g/mol. The number of ether oxygens (including phenoxy) is 2. The molecule has 3 heterocycles. The van der Waals surface area contributed by atoms with E-state index in [1.54, 1.807) is 26.4 Å². The lowest BCUT2D eigenvalue weighted by molar-refractivity contribution is 0.194. The minimum Gasteiger partial charge on any atom is -0.493 e. The molecule has 0 radical (unpaired) electrons. The van der Waals surface area contributed by atoms with Crippen molar-refractivity contribution in [3.63, 3.8) is 0 Å². The highest BCUT2D eigenvalue weighted by molar-refractivity contribution is 5.90. The molecule has 1 fully saturated rings. The number of nitrogens with one attached hydrogen (secondary N) is 2. The van der Waals surface area contributed by atoms with E-state index in [0.717, 1.165) is 23.9 Å². The quantitative estimate of drug-likeness (QED) is 0.717. The number of carbonyl (C=O) groups is 1. The van der Waals surface area contributed by atoms with Gasteiger partial charge in [0.05, 0.1) is 25.3 Å². The van der Waals surface area contributed by atoms with Gasteiger partial charge in [0, 0.05) is 37.2 Å². The molecule has 0 spiro atoms. The van der Waals surface area contributed by atoms with E-state index >= 15 is 0 Å². The van der Waals surface area contributed by atoms with Gasteiger partial charge in [-0.3, -0.25) is 4.98 Å². The van der Waals surface area contributed by atoms with Gasteiger partial charge in [-0.05, 0) is 48.6 Å². The first kappa shape index (κ1) is 18.2. The molecule has 7 heteroatoms. The number of methoxy groups -OCH3 is 2. The second-order valence-electron chi connectivity index (χ2n) is 6.90. The van der Waals surface area contributed by atoms with Crippen molar-refractivity contribution in [3.8, 4) is 11.5 Å². The zero-order chi connectivity index (χ0) is 19.5. The van der Waals surface area contributed by atoms with Crippen molar-refractivity contribution in [2.45, 2.75) is 18.8 Å². The Hall–Kier alpha value is -3.22. The third kappa shape index (κ3) is 3.47. The topological polar surface area (TPSA) is 79.5 Å². The Kier molecular flexibility index (Phi) is 5.06. The molecule has 146 valence electrons. The minimum atomic E-state index is -0.0947. The molecule has 2 N–H and O–H groups in total. The first-order chi connectivity index (χ1) is 13.7. The van der Waals surface area contributed by atoms with Crippen molar-refractivity contribution in [1.29, 1.82) is 0 Å². The lowest BCUT2D eigenvalue weighted by atomic mass is 9.90. The number of aromatic nitrogens is 2. The number of pyridine rings is 1. The van der Waals surface area contributed by atoms with Crippen LogP contribution in [0.15, 0.2) is 42.7 Å². The standard InChI is InChI=1S/C21H24N4O3/c1-27-18-6-5-15(12-19(18)28-2)24-21(26)25-10-7-14(8-11-25)16-13-23-17-4-3-9-22-20(16)17/h3-6,9,12-14,23H,7-8,10-11H2,1-2H3,(H,24,26). The van der Waals surface area contributed by atoms with E-state index in [9.17, 15) is 4.79 Å². The number of urea groups is 1. The van der Waals surface area contributed by atoms with Crippen LogP contribution in [-0.2, 0) is 0 Å². The Balaban J connectivity index is 1.39. The summed E-state index contributed by atoms with van der Waals surface area (Å²) in [6.07, 6.45) is 5.72. The molecule has 0 saturated carbocycles. The molecule has 28 heavy (non-hydrogen) atoms. The molecular formula is C21H24N4O3. The summed E-state index contributed by atoms with van der Waals surface area (Å²) in [6, 6.07) is 9.24. The van der Waals surface area contributed by atoms with Crippen molar-refractivity contribution in [3.05, 3.63) is 48.3 Å². The van der Waals surface area contributed by atoms with Crippen LogP contribution in [0.3, 0.4) is 0 Å². The summed E-state index contributed by atoms with van der Waals surface area (Å²) >= 11 is 0. The predicted molar refractivity (Wildman–Crippen MR) is 108 cm³/mol. The molecule has 0 aliphatic carbocycles. The first-order valence-corrected chi connectivity index (χ1v) is 9.39. The van der Waals surface area contributed by atoms with Gasteiger partial charge in [0.15, 0.2) is 11.5 Å². The highest BCUT2D eigenvalue weighted by Crippen LogP contribution is 2.33. The summed E-state index contributed by atoms with van der Waals surface area (Å²) < 4.78 is 10.5. The van der Waals surface area contributed by atoms with Crippen LogP contribution in [0.25, 0.3) is 11.0 Å². The van der Waals surface area contributed by atoms with Crippen molar-refractivity contribution in [1.82, 2.24) is 14.9 Å². The van der Waals surface area contributed by atoms with Crippen LogP contribution in [0.2, 0.25) is 0 Å². The smallest absolute Gasteiger partial charge is 0.321 e. The highest BCUT2D eigenvalue weighted by Gasteiger charge is 2.26. The van der Waals surface area contributed by atoms with E-state index < -0.39 is 0 Å².